The average Bonchev–Trinajstić information content (AvgIpc) is 3.41. The summed E-state index contributed by atoms with van der Waals surface area (Å²) in [5, 5.41) is 21.7. The van der Waals surface area contributed by atoms with Crippen LogP contribution in [-0.4, -0.2) is 53.7 Å². The number of benzene rings is 1. The maximum absolute atomic E-state index is 10.8. The second-order valence-electron chi connectivity index (χ2n) is 7.37. The lowest BCUT2D eigenvalue weighted by atomic mass is 10.2. The predicted molar refractivity (Wildman–Crippen MR) is 122 cm³/mol. The molecule has 4 N–H and O–H groups in total. The lowest BCUT2D eigenvalue weighted by Gasteiger charge is -2.07. The molecule has 0 saturated carbocycles. The number of nitrogens with zero attached hydrogens (tertiary/aromatic N) is 3. The van der Waals surface area contributed by atoms with Gasteiger partial charge in [-0.2, -0.15) is 0 Å². The fourth-order valence-electron chi connectivity index (χ4n) is 2.94. The van der Waals surface area contributed by atoms with Crippen LogP contribution in [0.5, 0.6) is 5.75 Å². The van der Waals surface area contributed by atoms with Crippen molar-refractivity contribution in [3.63, 3.8) is 0 Å². The van der Waals surface area contributed by atoms with Gasteiger partial charge in [0.1, 0.15) is 23.4 Å². The Morgan fingerprint density at radius 3 is 2.79 bits per heavy atom. The van der Waals surface area contributed by atoms with E-state index in [0.717, 1.165) is 17.7 Å². The Morgan fingerprint density at radius 2 is 2.06 bits per heavy atom. The Bertz CT molecular complexity index is 1190. The van der Waals surface area contributed by atoms with E-state index >= 15 is 0 Å². The molecule has 3 aromatic rings. The van der Waals surface area contributed by atoms with Crippen molar-refractivity contribution in [3.8, 4) is 17.6 Å². The second kappa shape index (κ2) is 11.6. The number of nitrogens with two attached hydrogens (primary N) is 1. The van der Waals surface area contributed by atoms with Crippen LogP contribution in [0.2, 0.25) is 0 Å². The smallest absolute Gasteiger partial charge is 0.210 e. The molecule has 11 heteroatoms. The molecule has 0 aliphatic carbocycles. The van der Waals surface area contributed by atoms with Gasteiger partial charge < -0.3 is 24.3 Å². The summed E-state index contributed by atoms with van der Waals surface area (Å²) in [4.78, 5) is 4.13. The monoisotopic (exact) mass is 473 g/mol. The van der Waals surface area contributed by atoms with Crippen LogP contribution < -0.4 is 15.2 Å². The molecule has 0 amide bonds. The van der Waals surface area contributed by atoms with Crippen LogP contribution in [-0.2, 0) is 16.6 Å². The largest absolute Gasteiger partial charge is 0.494 e. The summed E-state index contributed by atoms with van der Waals surface area (Å²) in [6.45, 7) is 3.55. The standard InChI is InChI=1S/C22H27N5O5S/c1-17(28)22-25-10-12-27(22)16-19-15-21(32-26-19)8-5-18-3-6-20(7-4-18)31-13-2-9-24-11-14-33(23,29)30/h3-4,6-7,10,12,15,17,24,28H,2,9,11,13-14,16H2,1H3,(H2,23,29,30)/t17-/m0/s1. The molecule has 1 aromatic carbocycles. The predicted octanol–water partition coefficient (Wildman–Crippen LogP) is 1.02. The maximum atomic E-state index is 10.8. The number of nitrogens with one attached hydrogen (secondary N) is 1. The number of hydrogen-bond donors (Lipinski definition) is 3. The molecule has 2 heterocycles. The van der Waals surface area contributed by atoms with Crippen molar-refractivity contribution >= 4 is 10.0 Å². The van der Waals surface area contributed by atoms with Crippen molar-refractivity contribution in [2.45, 2.75) is 26.0 Å². The molecule has 2 aromatic heterocycles. The number of primary sulfonamides is 1. The van der Waals surface area contributed by atoms with E-state index in [0.29, 0.717) is 43.5 Å². The summed E-state index contributed by atoms with van der Waals surface area (Å²) in [7, 11) is -3.43. The molecule has 0 aliphatic heterocycles. The van der Waals surface area contributed by atoms with Crippen molar-refractivity contribution in [1.82, 2.24) is 20.0 Å². The molecule has 0 aliphatic rings. The van der Waals surface area contributed by atoms with Gasteiger partial charge in [0, 0.05) is 30.6 Å². The fraction of sp³-hybridized carbons (Fsp3) is 0.364. The number of imidazole rings is 1. The van der Waals surface area contributed by atoms with Gasteiger partial charge in [-0.15, -0.1) is 0 Å². The third kappa shape index (κ3) is 8.36. The van der Waals surface area contributed by atoms with Crippen molar-refractivity contribution in [1.29, 1.82) is 0 Å². The van der Waals surface area contributed by atoms with Gasteiger partial charge in [-0.25, -0.2) is 18.5 Å². The zero-order chi connectivity index (χ0) is 23.7. The zero-order valence-electron chi connectivity index (χ0n) is 18.3. The summed E-state index contributed by atoms with van der Waals surface area (Å²) < 4.78 is 34.4. The highest BCUT2D eigenvalue weighted by molar-refractivity contribution is 7.89. The van der Waals surface area contributed by atoms with E-state index in [1.165, 1.54) is 0 Å². The molecular formula is C22H27N5O5S. The van der Waals surface area contributed by atoms with Crippen LogP contribution in [0, 0.1) is 11.8 Å². The molecule has 1 atom stereocenters. The third-order valence-corrected chi connectivity index (χ3v) is 5.30. The van der Waals surface area contributed by atoms with E-state index in [1.807, 2.05) is 24.3 Å². The highest BCUT2D eigenvalue weighted by atomic mass is 32.2. The molecule has 0 spiro atoms. The normalized spacial score (nSPS) is 12.2. The van der Waals surface area contributed by atoms with Crippen molar-refractivity contribution in [3.05, 3.63) is 65.6 Å². The second-order valence-corrected chi connectivity index (χ2v) is 9.10. The van der Waals surface area contributed by atoms with Gasteiger partial charge >= 0.3 is 0 Å². The minimum atomic E-state index is -3.43. The number of ether oxygens (including phenoxy) is 1. The number of rotatable bonds is 11. The molecule has 3 rings (SSSR count). The Balaban J connectivity index is 1.43. The highest BCUT2D eigenvalue weighted by Crippen LogP contribution is 2.14. The van der Waals surface area contributed by atoms with E-state index in [2.05, 4.69) is 27.3 Å². The molecule has 33 heavy (non-hydrogen) atoms. The lowest BCUT2D eigenvalue weighted by Crippen LogP contribution is -2.28. The third-order valence-electron chi connectivity index (χ3n) is 4.53. The average molecular weight is 474 g/mol. The lowest BCUT2D eigenvalue weighted by molar-refractivity contribution is 0.184. The van der Waals surface area contributed by atoms with Crippen LogP contribution in [0.15, 0.2) is 47.2 Å². The van der Waals surface area contributed by atoms with Crippen molar-refractivity contribution in [2.75, 3.05) is 25.4 Å². The van der Waals surface area contributed by atoms with Gasteiger partial charge in [0.15, 0.2) is 0 Å². The van der Waals surface area contributed by atoms with Crippen LogP contribution in [0.1, 0.15) is 42.3 Å². The number of aromatic nitrogens is 3. The summed E-state index contributed by atoms with van der Waals surface area (Å²) in [5.74, 6) is 7.62. The summed E-state index contributed by atoms with van der Waals surface area (Å²) in [6, 6.07) is 9.13. The van der Waals surface area contributed by atoms with E-state index in [9.17, 15) is 13.5 Å². The molecule has 176 valence electrons. The fourth-order valence-corrected chi connectivity index (χ4v) is 3.37. The summed E-state index contributed by atoms with van der Waals surface area (Å²) in [6.07, 6.45) is 3.47. The summed E-state index contributed by atoms with van der Waals surface area (Å²) >= 11 is 0. The Morgan fingerprint density at radius 1 is 1.27 bits per heavy atom. The van der Waals surface area contributed by atoms with Gasteiger partial charge in [0.2, 0.25) is 15.8 Å². The molecule has 0 saturated heterocycles. The topological polar surface area (TPSA) is 146 Å². The number of hydrogen-bond acceptors (Lipinski definition) is 8. The van der Waals surface area contributed by atoms with E-state index in [4.69, 9.17) is 14.4 Å². The molecule has 0 radical (unpaired) electrons. The van der Waals surface area contributed by atoms with E-state index < -0.39 is 16.1 Å². The molecule has 10 nitrogen and oxygen atoms in total. The van der Waals surface area contributed by atoms with Crippen molar-refractivity contribution < 1.29 is 22.8 Å². The first-order valence-corrected chi connectivity index (χ1v) is 12.1. The quantitative estimate of drug-likeness (QED) is 0.276. The minimum Gasteiger partial charge on any atom is -0.494 e. The first kappa shape index (κ1) is 24.5. The van der Waals surface area contributed by atoms with Gasteiger partial charge in [-0.05, 0) is 50.1 Å². The molecular weight excluding hydrogens is 446 g/mol. The molecule has 0 fully saturated rings. The SMILES string of the molecule is C[C@H](O)c1nccn1Cc1cc(C#Cc2ccc(OCCCNCCS(N)(=O)=O)cc2)on1. The Hall–Kier alpha value is -3.17. The van der Waals surface area contributed by atoms with Crippen molar-refractivity contribution in [2.24, 2.45) is 5.14 Å². The van der Waals surface area contributed by atoms with Crippen LogP contribution in [0.25, 0.3) is 0 Å². The number of aliphatic hydroxyl groups is 1. The minimum absolute atomic E-state index is 0.0831. The molecule has 0 bridgehead atoms. The van der Waals surface area contributed by atoms with Crippen LogP contribution >= 0.6 is 0 Å². The first-order valence-electron chi connectivity index (χ1n) is 10.4. The Labute approximate surface area is 192 Å². The van der Waals surface area contributed by atoms with E-state index in [1.54, 1.807) is 30.0 Å². The van der Waals surface area contributed by atoms with Gasteiger partial charge in [-0.1, -0.05) is 11.1 Å². The highest BCUT2D eigenvalue weighted by Gasteiger charge is 2.11. The Kier molecular flexibility index (Phi) is 8.62. The molecule has 0 unspecified atom stereocenters. The van der Waals surface area contributed by atoms with Crippen LogP contribution in [0.3, 0.4) is 0 Å². The maximum Gasteiger partial charge on any atom is 0.210 e. The number of sulfonamides is 1. The summed E-state index contributed by atoms with van der Waals surface area (Å²) in [5.41, 5.74) is 1.48. The first-order chi connectivity index (χ1) is 15.8. The number of aliphatic hydroxyl groups excluding tert-OH is 1. The van der Waals surface area contributed by atoms with Gasteiger partial charge in [0.05, 0.1) is 18.9 Å². The van der Waals surface area contributed by atoms with E-state index in [-0.39, 0.29) is 5.75 Å². The van der Waals surface area contributed by atoms with Gasteiger partial charge in [0.25, 0.3) is 0 Å². The van der Waals surface area contributed by atoms with Gasteiger partial charge in [-0.3, -0.25) is 0 Å². The van der Waals surface area contributed by atoms with Crippen LogP contribution in [0.4, 0.5) is 0 Å². The zero-order valence-corrected chi connectivity index (χ0v) is 19.1.